The van der Waals surface area contributed by atoms with Crippen LogP contribution in [-0.2, 0) is 16.1 Å². The van der Waals surface area contributed by atoms with Gasteiger partial charge in [0.25, 0.3) is 11.8 Å². The lowest BCUT2D eigenvalue weighted by Crippen LogP contribution is -2.37. The van der Waals surface area contributed by atoms with Crippen LogP contribution in [0.5, 0.6) is 5.88 Å². The van der Waals surface area contributed by atoms with E-state index in [-0.39, 0.29) is 30.4 Å². The van der Waals surface area contributed by atoms with Crippen LogP contribution in [0.3, 0.4) is 0 Å². The maximum absolute atomic E-state index is 12.5. The molecule has 0 aromatic carbocycles. The Morgan fingerprint density at radius 2 is 1.88 bits per heavy atom. The van der Waals surface area contributed by atoms with Gasteiger partial charge in [-0.2, -0.15) is 0 Å². The van der Waals surface area contributed by atoms with Gasteiger partial charge in [-0.3, -0.25) is 14.3 Å². The van der Waals surface area contributed by atoms with Crippen molar-refractivity contribution >= 4 is 17.6 Å². The lowest BCUT2D eigenvalue weighted by molar-refractivity contribution is -0.325. The number of aryl methyl sites for hydroxylation is 1. The number of halogens is 3. The zero-order valence-corrected chi connectivity index (χ0v) is 17.6. The molecule has 9 nitrogen and oxygen atoms in total. The summed E-state index contributed by atoms with van der Waals surface area (Å²) in [6.45, 7) is 3.44. The molecule has 0 aliphatic carbocycles. The van der Waals surface area contributed by atoms with Gasteiger partial charge in [0.2, 0.25) is 5.88 Å². The van der Waals surface area contributed by atoms with Crippen LogP contribution in [0.1, 0.15) is 35.5 Å². The monoisotopic (exact) mass is 456 g/mol. The minimum absolute atomic E-state index is 0.114. The Kier molecular flexibility index (Phi) is 8.11. The highest BCUT2D eigenvalue weighted by molar-refractivity contribution is 5.98. The maximum Gasteiger partial charge on any atom is 0.522 e. The lowest BCUT2D eigenvalue weighted by atomic mass is 10.1. The predicted octanol–water partition coefficient (Wildman–Crippen LogP) is 2.34. The average Bonchev–Trinajstić information content (AvgIpc) is 2.68. The van der Waals surface area contributed by atoms with E-state index < -0.39 is 30.4 Å². The highest BCUT2D eigenvalue weighted by atomic mass is 19.4. The molecule has 0 aliphatic rings. The summed E-state index contributed by atoms with van der Waals surface area (Å²) in [4.78, 5) is 32.5. The Morgan fingerprint density at radius 1 is 1.16 bits per heavy atom. The van der Waals surface area contributed by atoms with Crippen molar-refractivity contribution in [2.45, 2.75) is 39.3 Å². The van der Waals surface area contributed by atoms with Gasteiger partial charge in [0, 0.05) is 30.1 Å². The number of carbonyl (C=O) groups excluding carboxylic acids is 2. The van der Waals surface area contributed by atoms with Crippen LogP contribution in [0, 0.1) is 6.92 Å². The average molecular weight is 456 g/mol. The van der Waals surface area contributed by atoms with E-state index in [0.29, 0.717) is 11.3 Å². The number of rotatable bonds is 9. The number of ether oxygens (including phenoxy) is 2. The molecule has 2 aromatic rings. The van der Waals surface area contributed by atoms with Gasteiger partial charge < -0.3 is 20.5 Å². The molecule has 2 rings (SSSR count). The number of anilines is 1. The number of hydrogen-bond acceptors (Lipinski definition) is 7. The molecular formula is C20H23F3N4O5. The number of aliphatic hydroxyl groups is 1. The Morgan fingerprint density at radius 3 is 2.47 bits per heavy atom. The van der Waals surface area contributed by atoms with Crippen molar-refractivity contribution in [3.8, 4) is 5.88 Å². The summed E-state index contributed by atoms with van der Waals surface area (Å²) in [5, 5.41) is 14.9. The molecule has 2 heterocycles. The largest absolute Gasteiger partial charge is 0.522 e. The molecule has 2 aromatic heterocycles. The first kappa shape index (κ1) is 25.0. The smallest absolute Gasteiger partial charge is 0.475 e. The fourth-order valence-corrected chi connectivity index (χ4v) is 2.32. The summed E-state index contributed by atoms with van der Waals surface area (Å²) >= 11 is 0. The maximum atomic E-state index is 12.5. The van der Waals surface area contributed by atoms with Crippen molar-refractivity contribution in [2.75, 3.05) is 18.5 Å². The molecule has 174 valence electrons. The third-order valence-electron chi connectivity index (χ3n) is 3.86. The molecule has 0 unspecified atom stereocenters. The van der Waals surface area contributed by atoms with Crippen LogP contribution in [-0.4, -0.2) is 52.1 Å². The quantitative estimate of drug-likeness (QED) is 0.495. The Balaban J connectivity index is 1.90. The Hall–Kier alpha value is -3.25. The minimum atomic E-state index is -4.71. The molecule has 0 saturated heterocycles. The van der Waals surface area contributed by atoms with E-state index in [4.69, 9.17) is 4.74 Å². The van der Waals surface area contributed by atoms with E-state index in [0.717, 1.165) is 0 Å². The van der Waals surface area contributed by atoms with Crippen molar-refractivity contribution in [3.05, 3.63) is 47.3 Å². The molecular weight excluding hydrogens is 433 g/mol. The van der Waals surface area contributed by atoms with Crippen molar-refractivity contribution in [3.63, 3.8) is 0 Å². The normalized spacial score (nSPS) is 11.7. The molecule has 0 saturated carbocycles. The highest BCUT2D eigenvalue weighted by Gasteiger charge is 2.28. The third-order valence-corrected chi connectivity index (χ3v) is 3.86. The third kappa shape index (κ3) is 8.47. The second-order valence-corrected chi connectivity index (χ2v) is 7.23. The van der Waals surface area contributed by atoms with Crippen LogP contribution >= 0.6 is 0 Å². The minimum Gasteiger partial charge on any atom is -0.475 e. The van der Waals surface area contributed by atoms with Crippen molar-refractivity contribution in [2.24, 2.45) is 0 Å². The van der Waals surface area contributed by atoms with E-state index >= 15 is 0 Å². The van der Waals surface area contributed by atoms with Gasteiger partial charge in [0.1, 0.15) is 18.0 Å². The van der Waals surface area contributed by atoms with Crippen molar-refractivity contribution in [1.29, 1.82) is 0 Å². The number of aromatic nitrogens is 2. The zero-order valence-electron chi connectivity index (χ0n) is 17.6. The molecule has 0 bridgehead atoms. The van der Waals surface area contributed by atoms with Crippen LogP contribution in [0.25, 0.3) is 0 Å². The van der Waals surface area contributed by atoms with Gasteiger partial charge in [-0.15, -0.1) is 13.2 Å². The molecule has 32 heavy (non-hydrogen) atoms. The van der Waals surface area contributed by atoms with Gasteiger partial charge in [-0.1, -0.05) is 6.07 Å². The van der Waals surface area contributed by atoms with Crippen molar-refractivity contribution < 1.29 is 37.3 Å². The van der Waals surface area contributed by atoms with E-state index in [1.54, 1.807) is 13.0 Å². The van der Waals surface area contributed by atoms with Gasteiger partial charge in [-0.25, -0.2) is 9.97 Å². The SMILES string of the molecule is Cc1cc(C(=O)NCc2ccc(OCCOC(F)(F)F)nc2)cc(NC(=O)C(C)(C)O)n1. The first-order chi connectivity index (χ1) is 14.8. The summed E-state index contributed by atoms with van der Waals surface area (Å²) in [6.07, 6.45) is -3.30. The first-order valence-corrected chi connectivity index (χ1v) is 9.42. The first-order valence-electron chi connectivity index (χ1n) is 9.42. The van der Waals surface area contributed by atoms with Crippen LogP contribution in [0.2, 0.25) is 0 Å². The summed E-state index contributed by atoms with van der Waals surface area (Å²) in [6, 6.07) is 5.97. The van der Waals surface area contributed by atoms with Gasteiger partial charge >= 0.3 is 6.36 Å². The van der Waals surface area contributed by atoms with E-state index in [9.17, 15) is 27.9 Å². The fraction of sp³-hybridized carbons (Fsp3) is 0.400. The molecule has 0 aliphatic heterocycles. The zero-order chi connectivity index (χ0) is 23.9. The highest BCUT2D eigenvalue weighted by Crippen LogP contribution is 2.16. The fourth-order valence-electron chi connectivity index (χ4n) is 2.32. The molecule has 0 radical (unpaired) electrons. The number of pyridine rings is 2. The Labute approximate surface area is 182 Å². The lowest BCUT2D eigenvalue weighted by Gasteiger charge is -2.16. The number of nitrogens with one attached hydrogen (secondary N) is 2. The van der Waals surface area contributed by atoms with Crippen molar-refractivity contribution in [1.82, 2.24) is 15.3 Å². The second-order valence-electron chi connectivity index (χ2n) is 7.23. The molecule has 12 heteroatoms. The Bertz CT molecular complexity index is 944. The predicted molar refractivity (Wildman–Crippen MR) is 107 cm³/mol. The van der Waals surface area contributed by atoms with Crippen LogP contribution in [0.4, 0.5) is 19.0 Å². The number of hydrogen-bond donors (Lipinski definition) is 3. The van der Waals surface area contributed by atoms with E-state index in [1.165, 1.54) is 38.2 Å². The molecule has 0 atom stereocenters. The molecule has 2 amide bonds. The van der Waals surface area contributed by atoms with Gasteiger partial charge in [0.05, 0.1) is 6.61 Å². The number of alkyl halides is 3. The summed E-state index contributed by atoms with van der Waals surface area (Å²) in [7, 11) is 0. The number of carbonyl (C=O) groups is 2. The van der Waals surface area contributed by atoms with Gasteiger partial charge in [-0.05, 0) is 38.5 Å². The number of nitrogens with zero attached hydrogens (tertiary/aromatic N) is 2. The molecule has 0 fully saturated rings. The summed E-state index contributed by atoms with van der Waals surface area (Å²) in [5.74, 6) is -0.859. The molecule has 0 spiro atoms. The van der Waals surface area contributed by atoms with Crippen LogP contribution in [0.15, 0.2) is 30.5 Å². The number of amides is 2. The topological polar surface area (TPSA) is 123 Å². The second kappa shape index (κ2) is 10.4. The van der Waals surface area contributed by atoms with E-state index in [1.807, 2.05) is 0 Å². The summed E-state index contributed by atoms with van der Waals surface area (Å²) in [5.41, 5.74) is -0.247. The summed E-state index contributed by atoms with van der Waals surface area (Å²) < 4.78 is 44.3. The van der Waals surface area contributed by atoms with Gasteiger partial charge in [0.15, 0.2) is 0 Å². The standard InChI is InChI=1S/C20H23F3N4O5/c1-12-8-14(9-15(26-12)27-18(29)19(2,3)30)17(28)25-11-13-4-5-16(24-10-13)31-6-7-32-20(21,22)23/h4-5,8-10,30H,6-7,11H2,1-3H3,(H,25,28)(H,26,27,29). The van der Waals surface area contributed by atoms with E-state index in [2.05, 4.69) is 25.3 Å². The molecule has 3 N–H and O–H groups in total. The van der Waals surface area contributed by atoms with Crippen LogP contribution < -0.4 is 15.4 Å².